The zero-order valence-electron chi connectivity index (χ0n) is 9.54. The van der Waals surface area contributed by atoms with E-state index in [1.807, 2.05) is 0 Å². The minimum atomic E-state index is -0.865. The van der Waals surface area contributed by atoms with Crippen LogP contribution in [0.25, 0.3) is 0 Å². The third-order valence-corrected chi connectivity index (χ3v) is 3.07. The van der Waals surface area contributed by atoms with Crippen molar-refractivity contribution in [3.05, 3.63) is 12.2 Å². The van der Waals surface area contributed by atoms with Crippen LogP contribution in [0.1, 0.15) is 39.0 Å². The number of rotatable bonds is 5. The molecule has 0 amide bonds. The summed E-state index contributed by atoms with van der Waals surface area (Å²) >= 11 is 0. The SMILES string of the molecule is C=C(CN1CCCCC1CCC)C(=O)O. The molecule has 0 radical (unpaired) electrons. The van der Waals surface area contributed by atoms with Crippen molar-refractivity contribution in [2.45, 2.75) is 45.1 Å². The Bertz CT molecular complexity index is 236. The van der Waals surface area contributed by atoms with E-state index in [0.717, 1.165) is 6.54 Å². The smallest absolute Gasteiger partial charge is 0.332 e. The number of carboxylic acid groups (broad SMARTS) is 1. The summed E-state index contributed by atoms with van der Waals surface area (Å²) < 4.78 is 0. The Labute approximate surface area is 91.8 Å². The number of aliphatic carboxylic acids is 1. The highest BCUT2D eigenvalue weighted by molar-refractivity contribution is 5.86. The molecule has 0 aromatic heterocycles. The van der Waals surface area contributed by atoms with E-state index >= 15 is 0 Å². The fourth-order valence-corrected chi connectivity index (χ4v) is 2.24. The number of carboxylic acids is 1. The molecule has 1 unspecified atom stereocenters. The van der Waals surface area contributed by atoms with Gasteiger partial charge in [0.15, 0.2) is 0 Å². The molecule has 1 atom stereocenters. The summed E-state index contributed by atoms with van der Waals surface area (Å²) in [5.74, 6) is -0.865. The zero-order valence-corrected chi connectivity index (χ0v) is 9.54. The zero-order chi connectivity index (χ0) is 11.3. The molecule has 0 aromatic rings. The fourth-order valence-electron chi connectivity index (χ4n) is 2.24. The number of piperidine rings is 1. The quantitative estimate of drug-likeness (QED) is 0.709. The molecule has 0 aromatic carbocycles. The molecular weight excluding hydrogens is 190 g/mol. The fraction of sp³-hybridized carbons (Fsp3) is 0.750. The summed E-state index contributed by atoms with van der Waals surface area (Å²) in [6.45, 7) is 7.33. The normalized spacial score (nSPS) is 22.6. The number of carbonyl (C=O) groups is 1. The molecule has 3 heteroatoms. The lowest BCUT2D eigenvalue weighted by Gasteiger charge is -2.35. The largest absolute Gasteiger partial charge is 0.478 e. The third-order valence-electron chi connectivity index (χ3n) is 3.07. The van der Waals surface area contributed by atoms with E-state index in [4.69, 9.17) is 5.11 Å². The van der Waals surface area contributed by atoms with Gasteiger partial charge in [0.25, 0.3) is 0 Å². The van der Waals surface area contributed by atoms with Gasteiger partial charge in [-0.05, 0) is 25.8 Å². The highest BCUT2D eigenvalue weighted by atomic mass is 16.4. The van der Waals surface area contributed by atoms with Gasteiger partial charge in [0.1, 0.15) is 0 Å². The first-order chi connectivity index (χ1) is 7.15. The molecule has 1 aliphatic heterocycles. The Morgan fingerprint density at radius 1 is 1.53 bits per heavy atom. The molecule has 1 aliphatic rings. The van der Waals surface area contributed by atoms with Gasteiger partial charge in [0.2, 0.25) is 0 Å². The monoisotopic (exact) mass is 211 g/mol. The van der Waals surface area contributed by atoms with Gasteiger partial charge >= 0.3 is 5.97 Å². The van der Waals surface area contributed by atoms with Crippen molar-refractivity contribution in [3.63, 3.8) is 0 Å². The molecule has 1 fully saturated rings. The van der Waals surface area contributed by atoms with E-state index in [-0.39, 0.29) is 0 Å². The number of nitrogens with zero attached hydrogens (tertiary/aromatic N) is 1. The van der Waals surface area contributed by atoms with Gasteiger partial charge in [-0.15, -0.1) is 0 Å². The van der Waals surface area contributed by atoms with E-state index in [1.165, 1.54) is 32.1 Å². The lowest BCUT2D eigenvalue weighted by molar-refractivity contribution is -0.133. The number of likely N-dealkylation sites (tertiary alicyclic amines) is 1. The molecule has 86 valence electrons. The molecule has 0 spiro atoms. The first-order valence-corrected chi connectivity index (χ1v) is 5.80. The predicted octanol–water partition coefficient (Wildman–Crippen LogP) is 2.28. The number of hydrogen-bond acceptors (Lipinski definition) is 2. The Hall–Kier alpha value is -0.830. The van der Waals surface area contributed by atoms with E-state index in [2.05, 4.69) is 18.4 Å². The van der Waals surface area contributed by atoms with Gasteiger partial charge in [-0.2, -0.15) is 0 Å². The van der Waals surface area contributed by atoms with Gasteiger partial charge in [-0.1, -0.05) is 26.3 Å². The van der Waals surface area contributed by atoms with Gasteiger partial charge in [-0.3, -0.25) is 4.90 Å². The van der Waals surface area contributed by atoms with Crippen LogP contribution in [0.4, 0.5) is 0 Å². The van der Waals surface area contributed by atoms with Crippen molar-refractivity contribution in [2.75, 3.05) is 13.1 Å². The first kappa shape index (κ1) is 12.2. The molecular formula is C12H21NO2. The molecule has 0 aliphatic carbocycles. The average Bonchev–Trinajstić information content (AvgIpc) is 2.21. The van der Waals surface area contributed by atoms with Crippen molar-refractivity contribution >= 4 is 5.97 Å². The summed E-state index contributed by atoms with van der Waals surface area (Å²) in [5, 5.41) is 8.80. The highest BCUT2D eigenvalue weighted by Crippen LogP contribution is 2.21. The van der Waals surface area contributed by atoms with Crippen molar-refractivity contribution < 1.29 is 9.90 Å². The molecule has 0 bridgehead atoms. The maximum Gasteiger partial charge on any atom is 0.332 e. The summed E-state index contributed by atoms with van der Waals surface area (Å²) in [5.41, 5.74) is 0.318. The topological polar surface area (TPSA) is 40.5 Å². The Kier molecular flexibility index (Phi) is 4.82. The lowest BCUT2D eigenvalue weighted by Crippen LogP contribution is -2.41. The van der Waals surface area contributed by atoms with Crippen LogP contribution in [-0.4, -0.2) is 35.1 Å². The van der Waals surface area contributed by atoms with Crippen LogP contribution in [0, 0.1) is 0 Å². The van der Waals surface area contributed by atoms with Crippen molar-refractivity contribution in [2.24, 2.45) is 0 Å². The van der Waals surface area contributed by atoms with E-state index in [9.17, 15) is 4.79 Å². The minimum Gasteiger partial charge on any atom is -0.478 e. The standard InChI is InChI=1S/C12H21NO2/c1-3-6-11-7-4-5-8-13(11)9-10(2)12(14)15/h11H,2-9H2,1H3,(H,14,15). The second-order valence-electron chi connectivity index (χ2n) is 4.32. The van der Waals surface area contributed by atoms with E-state index < -0.39 is 5.97 Å². The Morgan fingerprint density at radius 2 is 2.27 bits per heavy atom. The van der Waals surface area contributed by atoms with Gasteiger partial charge in [0, 0.05) is 18.2 Å². The lowest BCUT2D eigenvalue weighted by atomic mass is 9.97. The van der Waals surface area contributed by atoms with E-state index in [1.54, 1.807) is 0 Å². The van der Waals surface area contributed by atoms with Crippen molar-refractivity contribution in [1.29, 1.82) is 0 Å². The Morgan fingerprint density at radius 3 is 2.87 bits per heavy atom. The van der Waals surface area contributed by atoms with Crippen LogP contribution in [0.3, 0.4) is 0 Å². The van der Waals surface area contributed by atoms with Crippen molar-refractivity contribution in [1.82, 2.24) is 4.90 Å². The summed E-state index contributed by atoms with van der Waals surface area (Å²) in [6.07, 6.45) is 6.02. The van der Waals surface area contributed by atoms with Crippen LogP contribution in [-0.2, 0) is 4.79 Å². The van der Waals surface area contributed by atoms with Crippen LogP contribution in [0.15, 0.2) is 12.2 Å². The molecule has 1 N–H and O–H groups in total. The maximum atomic E-state index is 10.7. The molecule has 15 heavy (non-hydrogen) atoms. The molecule has 1 saturated heterocycles. The maximum absolute atomic E-state index is 10.7. The van der Waals surface area contributed by atoms with Crippen LogP contribution < -0.4 is 0 Å². The third kappa shape index (κ3) is 3.67. The van der Waals surface area contributed by atoms with Crippen LogP contribution in [0.5, 0.6) is 0 Å². The second kappa shape index (κ2) is 5.91. The summed E-state index contributed by atoms with van der Waals surface area (Å²) in [4.78, 5) is 13.0. The summed E-state index contributed by atoms with van der Waals surface area (Å²) in [7, 11) is 0. The van der Waals surface area contributed by atoms with Gasteiger partial charge in [-0.25, -0.2) is 4.79 Å². The predicted molar refractivity (Wildman–Crippen MR) is 60.9 cm³/mol. The van der Waals surface area contributed by atoms with Crippen LogP contribution in [0.2, 0.25) is 0 Å². The molecule has 0 saturated carbocycles. The first-order valence-electron chi connectivity index (χ1n) is 5.80. The van der Waals surface area contributed by atoms with Gasteiger partial charge < -0.3 is 5.11 Å². The highest BCUT2D eigenvalue weighted by Gasteiger charge is 2.22. The molecule has 1 heterocycles. The molecule has 3 nitrogen and oxygen atoms in total. The van der Waals surface area contributed by atoms with Crippen molar-refractivity contribution in [3.8, 4) is 0 Å². The molecule has 1 rings (SSSR count). The second-order valence-corrected chi connectivity index (χ2v) is 4.32. The van der Waals surface area contributed by atoms with Crippen LogP contribution >= 0.6 is 0 Å². The number of hydrogen-bond donors (Lipinski definition) is 1. The minimum absolute atomic E-state index is 0.318. The summed E-state index contributed by atoms with van der Waals surface area (Å²) in [6, 6.07) is 0.569. The van der Waals surface area contributed by atoms with E-state index in [0.29, 0.717) is 18.2 Å². The Balaban J connectivity index is 2.48. The van der Waals surface area contributed by atoms with Gasteiger partial charge in [0.05, 0.1) is 0 Å². The average molecular weight is 211 g/mol.